The van der Waals surface area contributed by atoms with Gasteiger partial charge in [-0.25, -0.2) is 0 Å². The van der Waals surface area contributed by atoms with Crippen LogP contribution in [-0.4, -0.2) is 0 Å². The highest BCUT2D eigenvalue weighted by atomic mass is 35.5. The van der Waals surface area contributed by atoms with Crippen LogP contribution in [0.1, 0.15) is 22.3 Å². The van der Waals surface area contributed by atoms with Gasteiger partial charge in [-0.05, 0) is 22.3 Å². The third-order valence-electron chi connectivity index (χ3n) is 2.93. The van der Waals surface area contributed by atoms with Crippen molar-refractivity contribution < 1.29 is 4.74 Å². The Balaban J connectivity index is 1.83. The van der Waals surface area contributed by atoms with Gasteiger partial charge in [0, 0.05) is 5.88 Å². The molecule has 0 saturated carbocycles. The standard InChI is InChI=1S/C17H17ClO/c1-2-14-3-7-16(8-4-14)12-19-13-17-9-5-15(11-18)6-10-17/h2-10H,1,11-13H2. The fourth-order valence-corrected chi connectivity index (χ4v) is 1.94. The third kappa shape index (κ3) is 4.23. The van der Waals surface area contributed by atoms with Crippen molar-refractivity contribution in [2.45, 2.75) is 19.1 Å². The summed E-state index contributed by atoms with van der Waals surface area (Å²) in [5.41, 5.74) is 4.59. The Labute approximate surface area is 119 Å². The van der Waals surface area contributed by atoms with Crippen molar-refractivity contribution in [3.8, 4) is 0 Å². The predicted molar refractivity (Wildman–Crippen MR) is 81.0 cm³/mol. The maximum atomic E-state index is 5.75. The van der Waals surface area contributed by atoms with Crippen molar-refractivity contribution in [2.24, 2.45) is 0 Å². The first-order chi connectivity index (χ1) is 9.31. The fraction of sp³-hybridized carbons (Fsp3) is 0.176. The molecule has 0 radical (unpaired) electrons. The molecular formula is C17H17ClO. The average Bonchev–Trinajstić information content (AvgIpc) is 2.49. The van der Waals surface area contributed by atoms with Crippen LogP contribution in [0.3, 0.4) is 0 Å². The molecule has 0 bridgehead atoms. The van der Waals surface area contributed by atoms with Gasteiger partial charge in [-0.1, -0.05) is 61.2 Å². The molecule has 0 fully saturated rings. The zero-order valence-corrected chi connectivity index (χ0v) is 11.6. The summed E-state index contributed by atoms with van der Waals surface area (Å²) in [4.78, 5) is 0. The second-order valence-corrected chi connectivity index (χ2v) is 4.66. The topological polar surface area (TPSA) is 9.23 Å². The van der Waals surface area contributed by atoms with Crippen LogP contribution in [0.4, 0.5) is 0 Å². The molecule has 2 rings (SSSR count). The van der Waals surface area contributed by atoms with E-state index in [0.717, 1.165) is 16.7 Å². The van der Waals surface area contributed by atoms with E-state index in [-0.39, 0.29) is 0 Å². The molecule has 2 aromatic carbocycles. The maximum absolute atomic E-state index is 5.75. The lowest BCUT2D eigenvalue weighted by Crippen LogP contribution is -1.94. The first-order valence-corrected chi connectivity index (χ1v) is 6.78. The molecule has 98 valence electrons. The molecule has 0 amide bonds. The monoisotopic (exact) mass is 272 g/mol. The Kier molecular flexibility index (Phi) is 5.20. The van der Waals surface area contributed by atoms with Crippen LogP contribution in [0, 0.1) is 0 Å². The van der Waals surface area contributed by atoms with E-state index < -0.39 is 0 Å². The molecule has 0 saturated heterocycles. The maximum Gasteiger partial charge on any atom is 0.0721 e. The van der Waals surface area contributed by atoms with Gasteiger partial charge in [-0.15, -0.1) is 11.6 Å². The first kappa shape index (κ1) is 13.9. The number of benzene rings is 2. The Bertz CT molecular complexity index is 514. The number of hydrogen-bond acceptors (Lipinski definition) is 1. The van der Waals surface area contributed by atoms with E-state index in [9.17, 15) is 0 Å². The van der Waals surface area contributed by atoms with Gasteiger partial charge in [0.15, 0.2) is 0 Å². The zero-order valence-electron chi connectivity index (χ0n) is 10.8. The van der Waals surface area contributed by atoms with E-state index in [1.165, 1.54) is 5.56 Å². The van der Waals surface area contributed by atoms with E-state index in [0.29, 0.717) is 19.1 Å². The van der Waals surface area contributed by atoms with Crippen molar-refractivity contribution in [3.05, 3.63) is 77.4 Å². The zero-order chi connectivity index (χ0) is 13.5. The minimum Gasteiger partial charge on any atom is -0.372 e. The first-order valence-electron chi connectivity index (χ1n) is 6.24. The molecule has 0 aliphatic rings. The van der Waals surface area contributed by atoms with Crippen LogP contribution in [0.2, 0.25) is 0 Å². The van der Waals surface area contributed by atoms with E-state index in [1.54, 1.807) is 0 Å². The van der Waals surface area contributed by atoms with Gasteiger partial charge in [-0.3, -0.25) is 0 Å². The SMILES string of the molecule is C=Cc1ccc(COCc2ccc(CCl)cc2)cc1. The van der Waals surface area contributed by atoms with Crippen molar-refractivity contribution in [3.63, 3.8) is 0 Å². The van der Waals surface area contributed by atoms with E-state index in [2.05, 4.69) is 30.8 Å². The quantitative estimate of drug-likeness (QED) is 0.687. The molecule has 0 aromatic heterocycles. The second-order valence-electron chi connectivity index (χ2n) is 4.39. The van der Waals surface area contributed by atoms with Crippen molar-refractivity contribution in [2.75, 3.05) is 0 Å². The summed E-state index contributed by atoms with van der Waals surface area (Å²) in [6.07, 6.45) is 1.84. The summed E-state index contributed by atoms with van der Waals surface area (Å²) in [5.74, 6) is 0.552. The minimum absolute atomic E-state index is 0.552. The van der Waals surface area contributed by atoms with Gasteiger partial charge in [0.25, 0.3) is 0 Å². The fourth-order valence-electron chi connectivity index (χ4n) is 1.76. The normalized spacial score (nSPS) is 10.4. The Morgan fingerprint density at radius 3 is 1.79 bits per heavy atom. The molecule has 1 nitrogen and oxygen atoms in total. The molecule has 19 heavy (non-hydrogen) atoms. The lowest BCUT2D eigenvalue weighted by atomic mass is 10.1. The van der Waals surface area contributed by atoms with Crippen LogP contribution < -0.4 is 0 Å². The smallest absolute Gasteiger partial charge is 0.0721 e. The van der Waals surface area contributed by atoms with Gasteiger partial charge in [0.1, 0.15) is 0 Å². The highest BCUT2D eigenvalue weighted by Crippen LogP contribution is 2.10. The van der Waals surface area contributed by atoms with E-state index >= 15 is 0 Å². The lowest BCUT2D eigenvalue weighted by Gasteiger charge is -2.06. The molecule has 0 aliphatic carbocycles. The Morgan fingerprint density at radius 1 is 0.842 bits per heavy atom. The molecule has 0 aliphatic heterocycles. The number of hydrogen-bond donors (Lipinski definition) is 0. The molecule has 0 spiro atoms. The molecule has 2 aromatic rings. The van der Waals surface area contributed by atoms with Crippen molar-refractivity contribution in [1.29, 1.82) is 0 Å². The van der Waals surface area contributed by atoms with Gasteiger partial charge in [0.05, 0.1) is 13.2 Å². The number of halogens is 1. The van der Waals surface area contributed by atoms with Crippen LogP contribution in [0.5, 0.6) is 0 Å². The van der Waals surface area contributed by atoms with Crippen LogP contribution in [0.25, 0.3) is 6.08 Å². The minimum atomic E-state index is 0.552. The van der Waals surface area contributed by atoms with Crippen molar-refractivity contribution >= 4 is 17.7 Å². The molecule has 0 atom stereocenters. The van der Waals surface area contributed by atoms with E-state index in [1.807, 2.05) is 30.3 Å². The summed E-state index contributed by atoms with van der Waals surface area (Å²) in [5, 5.41) is 0. The molecule has 0 N–H and O–H groups in total. The van der Waals surface area contributed by atoms with Gasteiger partial charge >= 0.3 is 0 Å². The summed E-state index contributed by atoms with van der Waals surface area (Å²) in [7, 11) is 0. The molecular weight excluding hydrogens is 256 g/mol. The highest BCUT2D eigenvalue weighted by molar-refractivity contribution is 6.17. The summed E-state index contributed by atoms with van der Waals surface area (Å²) in [6, 6.07) is 16.4. The number of ether oxygens (including phenoxy) is 1. The van der Waals surface area contributed by atoms with Gasteiger partial charge in [0.2, 0.25) is 0 Å². The van der Waals surface area contributed by atoms with Crippen molar-refractivity contribution in [1.82, 2.24) is 0 Å². The van der Waals surface area contributed by atoms with E-state index in [4.69, 9.17) is 16.3 Å². The summed E-state index contributed by atoms with van der Waals surface area (Å²) < 4.78 is 5.69. The van der Waals surface area contributed by atoms with Crippen LogP contribution in [-0.2, 0) is 23.8 Å². The van der Waals surface area contributed by atoms with Crippen LogP contribution in [0.15, 0.2) is 55.1 Å². The van der Waals surface area contributed by atoms with Crippen LogP contribution >= 0.6 is 11.6 Å². The number of rotatable bonds is 6. The highest BCUT2D eigenvalue weighted by Gasteiger charge is 1.96. The largest absolute Gasteiger partial charge is 0.372 e. The average molecular weight is 273 g/mol. The number of alkyl halides is 1. The third-order valence-corrected chi connectivity index (χ3v) is 3.24. The Hall–Kier alpha value is -1.57. The molecule has 2 heteroatoms. The van der Waals surface area contributed by atoms with Gasteiger partial charge < -0.3 is 4.74 Å². The second kappa shape index (κ2) is 7.13. The Morgan fingerprint density at radius 2 is 1.32 bits per heavy atom. The lowest BCUT2D eigenvalue weighted by molar-refractivity contribution is 0.107. The predicted octanol–water partition coefficient (Wildman–Crippen LogP) is 4.79. The molecule has 0 heterocycles. The summed E-state index contributed by atoms with van der Waals surface area (Å²) in [6.45, 7) is 4.97. The molecule has 0 unspecified atom stereocenters. The van der Waals surface area contributed by atoms with Gasteiger partial charge in [-0.2, -0.15) is 0 Å². The summed E-state index contributed by atoms with van der Waals surface area (Å²) >= 11 is 5.75.